The SMILES string of the molecule is O=C(N1CC[PH](O)(c2cc(Cc3n[nH]c(=O)c4ccccc34)ccc2F)CC1)N1CCC(F)(F)C1. The zero-order chi connectivity index (χ0) is 24.8. The van der Waals surface area contributed by atoms with Crippen molar-refractivity contribution in [3.05, 3.63) is 69.9 Å². The Morgan fingerprint density at radius 3 is 2.49 bits per heavy atom. The average Bonchev–Trinajstić information content (AvgIpc) is 3.22. The van der Waals surface area contributed by atoms with E-state index in [1.54, 1.807) is 24.3 Å². The van der Waals surface area contributed by atoms with Gasteiger partial charge in [0.1, 0.15) is 0 Å². The number of hydrogen-bond acceptors (Lipinski definition) is 4. The number of aromatic nitrogens is 2. The number of rotatable bonds is 3. The first-order chi connectivity index (χ1) is 16.7. The van der Waals surface area contributed by atoms with Crippen LogP contribution in [0.1, 0.15) is 17.7 Å². The van der Waals surface area contributed by atoms with Crippen LogP contribution in [0.5, 0.6) is 0 Å². The summed E-state index contributed by atoms with van der Waals surface area (Å²) in [6, 6.07) is 11.3. The quantitative estimate of drug-likeness (QED) is 0.535. The fourth-order valence-electron chi connectivity index (χ4n) is 4.97. The Morgan fingerprint density at radius 2 is 1.80 bits per heavy atom. The van der Waals surface area contributed by atoms with Crippen molar-refractivity contribution in [1.82, 2.24) is 20.0 Å². The molecule has 0 atom stereocenters. The molecule has 2 aliphatic rings. The molecule has 0 bridgehead atoms. The second kappa shape index (κ2) is 8.91. The molecule has 2 aliphatic heterocycles. The number of hydrogen-bond donors (Lipinski definition) is 2. The minimum atomic E-state index is -3.24. The predicted molar refractivity (Wildman–Crippen MR) is 130 cm³/mol. The summed E-state index contributed by atoms with van der Waals surface area (Å²) in [4.78, 5) is 38.7. The molecule has 2 saturated heterocycles. The monoisotopic (exact) mass is 506 g/mol. The molecule has 35 heavy (non-hydrogen) atoms. The molecule has 2 N–H and O–H groups in total. The zero-order valence-corrected chi connectivity index (χ0v) is 19.9. The number of alkyl halides is 2. The van der Waals surface area contributed by atoms with E-state index in [0.717, 1.165) is 10.5 Å². The third kappa shape index (κ3) is 4.65. The number of carbonyl (C=O) groups is 1. The Bertz CT molecular complexity index is 1340. The van der Waals surface area contributed by atoms with Crippen molar-refractivity contribution in [2.24, 2.45) is 0 Å². The molecular formula is C24H26F3N4O3P. The molecule has 5 rings (SSSR count). The standard InChI is InChI=1S/C24H26F3N4O3P/c25-19-6-5-16(13-20-17-3-1-2-4-18(17)22(32)29-28-20)14-21(19)35(34)11-9-30(10-12-35)23(33)31-8-7-24(26,27)15-31/h1-6,14,34-35H,7-13,15H2,(H,29,32). The fraction of sp³-hybridized carbons (Fsp3) is 0.375. The Labute approximate surface area is 200 Å². The van der Waals surface area contributed by atoms with Crippen LogP contribution >= 0.6 is 7.49 Å². The number of likely N-dealkylation sites (tertiary alicyclic amines) is 1. The number of benzene rings is 2. The number of fused-ring (bicyclic) bond motifs is 1. The zero-order valence-electron chi connectivity index (χ0n) is 18.9. The molecule has 2 aromatic carbocycles. The van der Waals surface area contributed by atoms with Gasteiger partial charge in [0.15, 0.2) is 0 Å². The molecule has 0 radical (unpaired) electrons. The molecular weight excluding hydrogens is 480 g/mol. The van der Waals surface area contributed by atoms with Crippen molar-refractivity contribution < 1.29 is 22.9 Å². The summed E-state index contributed by atoms with van der Waals surface area (Å²) in [6.07, 6.45) is 0.442. The van der Waals surface area contributed by atoms with Crippen LogP contribution in [0.15, 0.2) is 47.3 Å². The van der Waals surface area contributed by atoms with Gasteiger partial charge in [0.05, 0.1) is 0 Å². The number of amides is 2. The van der Waals surface area contributed by atoms with Gasteiger partial charge in [-0.3, -0.25) is 0 Å². The van der Waals surface area contributed by atoms with E-state index < -0.39 is 31.8 Å². The van der Waals surface area contributed by atoms with Crippen LogP contribution in [-0.4, -0.2) is 75.3 Å². The number of carbonyl (C=O) groups excluding carboxylic acids is 1. The number of aromatic amines is 1. The van der Waals surface area contributed by atoms with Gasteiger partial charge in [-0.2, -0.15) is 0 Å². The predicted octanol–water partition coefficient (Wildman–Crippen LogP) is 2.71. The van der Waals surface area contributed by atoms with E-state index in [0.29, 0.717) is 22.9 Å². The van der Waals surface area contributed by atoms with Crippen LogP contribution in [0.2, 0.25) is 0 Å². The van der Waals surface area contributed by atoms with E-state index in [9.17, 15) is 27.7 Å². The normalized spacial score (nSPS) is 20.2. The first kappa shape index (κ1) is 23.8. The maximum atomic E-state index is 14.9. The van der Waals surface area contributed by atoms with E-state index in [1.165, 1.54) is 11.0 Å². The van der Waals surface area contributed by atoms with Crippen LogP contribution in [0.3, 0.4) is 0 Å². The van der Waals surface area contributed by atoms with Crippen molar-refractivity contribution in [3.8, 4) is 0 Å². The first-order valence-corrected chi connectivity index (χ1v) is 13.9. The maximum absolute atomic E-state index is 14.9. The van der Waals surface area contributed by atoms with Gasteiger partial charge in [-0.1, -0.05) is 0 Å². The Kier molecular flexibility index (Phi) is 6.05. The Morgan fingerprint density at radius 1 is 1.09 bits per heavy atom. The molecule has 186 valence electrons. The van der Waals surface area contributed by atoms with Crippen molar-refractivity contribution in [3.63, 3.8) is 0 Å². The number of urea groups is 1. The molecule has 3 heterocycles. The molecule has 0 unspecified atom stereocenters. The summed E-state index contributed by atoms with van der Waals surface area (Å²) in [7, 11) is -3.24. The van der Waals surface area contributed by atoms with Crippen molar-refractivity contribution >= 4 is 29.6 Å². The summed E-state index contributed by atoms with van der Waals surface area (Å²) in [6.45, 7) is -0.193. The van der Waals surface area contributed by atoms with Gasteiger partial charge in [-0.15, -0.1) is 0 Å². The summed E-state index contributed by atoms with van der Waals surface area (Å²) >= 11 is 0. The minimum absolute atomic E-state index is 0.00811. The Hall–Kier alpha value is -2.97. The van der Waals surface area contributed by atoms with Gasteiger partial charge < -0.3 is 0 Å². The van der Waals surface area contributed by atoms with E-state index >= 15 is 0 Å². The summed E-state index contributed by atoms with van der Waals surface area (Å²) in [5, 5.41) is 8.16. The Balaban J connectivity index is 1.34. The summed E-state index contributed by atoms with van der Waals surface area (Å²) in [5.74, 6) is -3.36. The summed E-state index contributed by atoms with van der Waals surface area (Å²) in [5.41, 5.74) is 1.09. The van der Waals surface area contributed by atoms with Crippen LogP contribution in [0.25, 0.3) is 10.8 Å². The van der Waals surface area contributed by atoms with Crippen molar-refractivity contribution in [1.29, 1.82) is 0 Å². The van der Waals surface area contributed by atoms with Gasteiger partial charge >= 0.3 is 200 Å². The van der Waals surface area contributed by atoms with Gasteiger partial charge in [-0.05, 0) is 0 Å². The molecule has 0 saturated carbocycles. The molecule has 3 aromatic rings. The molecule has 1 aromatic heterocycles. The van der Waals surface area contributed by atoms with Crippen LogP contribution < -0.4 is 10.9 Å². The second-order valence-corrected chi connectivity index (χ2v) is 13.0. The van der Waals surface area contributed by atoms with Gasteiger partial charge in [0, 0.05) is 0 Å². The van der Waals surface area contributed by atoms with Crippen LogP contribution in [0.4, 0.5) is 18.0 Å². The molecule has 7 nitrogen and oxygen atoms in total. The third-order valence-corrected chi connectivity index (χ3v) is 10.5. The summed E-state index contributed by atoms with van der Waals surface area (Å²) < 4.78 is 41.9. The van der Waals surface area contributed by atoms with E-state index in [1.807, 2.05) is 12.1 Å². The molecule has 11 heteroatoms. The van der Waals surface area contributed by atoms with E-state index in [2.05, 4.69) is 10.2 Å². The molecule has 0 spiro atoms. The van der Waals surface area contributed by atoms with Crippen LogP contribution in [0, 0.1) is 5.82 Å². The first-order valence-electron chi connectivity index (χ1n) is 11.5. The topological polar surface area (TPSA) is 89.5 Å². The van der Waals surface area contributed by atoms with Gasteiger partial charge in [0.25, 0.3) is 0 Å². The van der Waals surface area contributed by atoms with E-state index in [4.69, 9.17) is 0 Å². The van der Waals surface area contributed by atoms with Crippen molar-refractivity contribution in [2.75, 3.05) is 38.5 Å². The average molecular weight is 506 g/mol. The number of H-pyrrole nitrogens is 1. The van der Waals surface area contributed by atoms with Crippen molar-refractivity contribution in [2.45, 2.75) is 18.8 Å². The number of halogens is 3. The third-order valence-electron chi connectivity index (χ3n) is 6.98. The van der Waals surface area contributed by atoms with Gasteiger partial charge in [0.2, 0.25) is 0 Å². The number of nitrogens with one attached hydrogen (secondary N) is 1. The molecule has 2 fully saturated rings. The van der Waals surface area contributed by atoms with E-state index in [-0.39, 0.29) is 49.2 Å². The molecule has 0 aliphatic carbocycles. The second-order valence-electron chi connectivity index (χ2n) is 9.36. The number of nitrogens with zero attached hydrogens (tertiary/aromatic N) is 3. The molecule has 2 amide bonds. The van der Waals surface area contributed by atoms with Gasteiger partial charge in [-0.25, -0.2) is 0 Å². The fourth-order valence-corrected chi connectivity index (χ4v) is 8.03. The van der Waals surface area contributed by atoms with Crippen LogP contribution in [-0.2, 0) is 6.42 Å².